The highest BCUT2D eigenvalue weighted by atomic mass is 16.6. The summed E-state index contributed by atoms with van der Waals surface area (Å²) in [5.41, 5.74) is -0.468. The third-order valence-electron chi connectivity index (χ3n) is 3.62. The molecule has 0 aliphatic heterocycles. The van der Waals surface area contributed by atoms with E-state index in [9.17, 15) is 9.90 Å². The number of hydrogen-bond donors (Lipinski definition) is 1. The number of aliphatic hydroxyl groups is 1. The van der Waals surface area contributed by atoms with Gasteiger partial charge in [0.05, 0.1) is 6.10 Å². The number of carbonyl (C=O) groups is 1. The molecule has 0 aliphatic rings. The molecule has 0 aromatic rings. The van der Waals surface area contributed by atoms with Gasteiger partial charge in [0, 0.05) is 17.5 Å². The molecule has 0 saturated heterocycles. The topological polar surface area (TPSA) is 49.8 Å². The van der Waals surface area contributed by atoms with Crippen molar-refractivity contribution in [2.45, 2.75) is 80.0 Å². The lowest BCUT2D eigenvalue weighted by atomic mass is 9.84. The average Bonchev–Trinajstić information content (AvgIpc) is 2.36. The maximum Gasteiger partial charge on any atom is 0.415 e. The molecule has 0 unspecified atom stereocenters. The fourth-order valence-electron chi connectivity index (χ4n) is 2.44. The Morgan fingerprint density at radius 3 is 2.09 bits per heavy atom. The van der Waals surface area contributed by atoms with Crippen molar-refractivity contribution in [3.63, 3.8) is 0 Å². The molecule has 0 aliphatic carbocycles. The van der Waals surface area contributed by atoms with Crippen LogP contribution in [0.2, 0.25) is 0 Å². The van der Waals surface area contributed by atoms with Gasteiger partial charge in [-0.15, -0.1) is 0 Å². The van der Waals surface area contributed by atoms with E-state index >= 15 is 0 Å². The van der Waals surface area contributed by atoms with Gasteiger partial charge in [-0.3, -0.25) is 0 Å². The van der Waals surface area contributed by atoms with Crippen molar-refractivity contribution in [3.8, 4) is 0 Å². The number of allylic oxidation sites excluding steroid dienone is 2. The highest BCUT2D eigenvalue weighted by Crippen LogP contribution is 2.27. The molecule has 1 atom stereocenters. The molecular formula is C18H33NO3. The zero-order valence-corrected chi connectivity index (χ0v) is 15.4. The minimum absolute atomic E-state index is 0.0635. The molecule has 0 aromatic heterocycles. The van der Waals surface area contributed by atoms with Crippen molar-refractivity contribution in [2.75, 3.05) is 0 Å². The lowest BCUT2D eigenvalue weighted by Gasteiger charge is -2.31. The van der Waals surface area contributed by atoms with Crippen LogP contribution in [-0.2, 0) is 4.74 Å². The second-order valence-corrected chi connectivity index (χ2v) is 6.75. The molecule has 1 amide bonds. The van der Waals surface area contributed by atoms with Crippen molar-refractivity contribution in [3.05, 3.63) is 24.0 Å². The third kappa shape index (κ3) is 6.22. The molecule has 0 aromatic carbocycles. The zero-order valence-electron chi connectivity index (χ0n) is 15.4. The van der Waals surface area contributed by atoms with Gasteiger partial charge in [-0.25, -0.2) is 4.79 Å². The maximum absolute atomic E-state index is 12.4. The second kappa shape index (κ2) is 8.99. The Hall–Kier alpha value is -1.29. The number of amides is 1. The van der Waals surface area contributed by atoms with Gasteiger partial charge < -0.3 is 14.7 Å². The summed E-state index contributed by atoms with van der Waals surface area (Å²) in [5, 5.41) is 10.1. The first-order chi connectivity index (χ1) is 10.1. The van der Waals surface area contributed by atoms with Crippen LogP contribution in [0.5, 0.6) is 0 Å². The van der Waals surface area contributed by atoms with E-state index in [1.165, 1.54) is 0 Å². The van der Waals surface area contributed by atoms with E-state index in [1.54, 1.807) is 11.0 Å². The predicted octanol–water partition coefficient (Wildman–Crippen LogP) is 4.50. The highest BCUT2D eigenvalue weighted by Gasteiger charge is 2.27. The Morgan fingerprint density at radius 1 is 1.23 bits per heavy atom. The number of ether oxygens (including phenoxy) is 1. The molecule has 0 radical (unpaired) electrons. The van der Waals surface area contributed by atoms with Crippen molar-refractivity contribution in [1.29, 1.82) is 0 Å². The molecule has 4 heteroatoms. The molecule has 0 saturated carbocycles. The molecule has 0 heterocycles. The zero-order chi connectivity index (χ0) is 17.5. The van der Waals surface area contributed by atoms with Crippen LogP contribution in [0.1, 0.15) is 61.8 Å². The fraction of sp³-hybridized carbons (Fsp3) is 0.722. The van der Waals surface area contributed by atoms with Gasteiger partial charge in [-0.1, -0.05) is 26.8 Å². The van der Waals surface area contributed by atoms with Crippen LogP contribution in [0.25, 0.3) is 0 Å². The number of carbonyl (C=O) groups excluding carboxylic acids is 1. The summed E-state index contributed by atoms with van der Waals surface area (Å²) in [6, 6.07) is 0.127. The molecule has 0 spiro atoms. The van der Waals surface area contributed by atoms with E-state index in [0.29, 0.717) is 12.2 Å². The molecule has 0 bridgehead atoms. The van der Waals surface area contributed by atoms with Gasteiger partial charge >= 0.3 is 6.09 Å². The van der Waals surface area contributed by atoms with E-state index in [-0.39, 0.29) is 18.2 Å². The average molecular weight is 311 g/mol. The summed E-state index contributed by atoms with van der Waals surface area (Å²) in [6.07, 6.45) is 5.18. The minimum Gasteiger partial charge on any atom is -0.411 e. The van der Waals surface area contributed by atoms with Crippen LogP contribution in [0, 0.1) is 5.41 Å². The van der Waals surface area contributed by atoms with Gasteiger partial charge in [-0.2, -0.15) is 0 Å². The molecule has 1 N–H and O–H groups in total. The largest absolute Gasteiger partial charge is 0.415 e. The molecule has 4 nitrogen and oxygen atoms in total. The van der Waals surface area contributed by atoms with Crippen LogP contribution in [0.15, 0.2) is 24.0 Å². The summed E-state index contributed by atoms with van der Waals surface area (Å²) in [7, 11) is 0. The Kier molecular flexibility index (Phi) is 8.46. The number of hydrogen-bond acceptors (Lipinski definition) is 3. The van der Waals surface area contributed by atoms with Crippen molar-refractivity contribution < 1.29 is 14.6 Å². The number of nitrogens with zero attached hydrogens (tertiary/aromatic N) is 1. The third-order valence-corrected chi connectivity index (χ3v) is 3.62. The molecule has 22 heavy (non-hydrogen) atoms. The first kappa shape index (κ1) is 20.7. The van der Waals surface area contributed by atoms with Gasteiger partial charge in [0.2, 0.25) is 0 Å². The monoisotopic (exact) mass is 311 g/mol. The van der Waals surface area contributed by atoms with E-state index in [1.807, 2.05) is 67.5 Å². The van der Waals surface area contributed by atoms with Crippen LogP contribution >= 0.6 is 0 Å². The Bertz CT molecular complexity index is 401. The van der Waals surface area contributed by atoms with Gasteiger partial charge in [0.1, 0.15) is 5.76 Å². The number of rotatable bonds is 7. The molecule has 0 fully saturated rings. The van der Waals surface area contributed by atoms with E-state index in [0.717, 1.165) is 0 Å². The molecular weight excluding hydrogens is 278 g/mol. The van der Waals surface area contributed by atoms with Crippen LogP contribution in [0.4, 0.5) is 4.79 Å². The Balaban J connectivity index is 5.33. The lowest BCUT2D eigenvalue weighted by Crippen LogP contribution is -2.42. The summed E-state index contributed by atoms with van der Waals surface area (Å²) in [5.74, 6) is 0.469. The second-order valence-electron chi connectivity index (χ2n) is 6.75. The predicted molar refractivity (Wildman–Crippen MR) is 91.6 cm³/mol. The van der Waals surface area contributed by atoms with Crippen LogP contribution in [0.3, 0.4) is 0 Å². The van der Waals surface area contributed by atoms with Crippen molar-refractivity contribution >= 4 is 6.09 Å². The summed E-state index contributed by atoms with van der Waals surface area (Å²) in [6.45, 7) is 15.5. The maximum atomic E-state index is 12.4. The van der Waals surface area contributed by atoms with Gasteiger partial charge in [0.15, 0.2) is 0 Å². The van der Waals surface area contributed by atoms with Crippen LogP contribution in [-0.4, -0.2) is 34.3 Å². The smallest absolute Gasteiger partial charge is 0.411 e. The van der Waals surface area contributed by atoms with Crippen molar-refractivity contribution in [1.82, 2.24) is 4.90 Å². The number of aliphatic hydroxyl groups excluding tert-OH is 1. The van der Waals surface area contributed by atoms with Crippen LogP contribution < -0.4 is 0 Å². The molecule has 128 valence electrons. The summed E-state index contributed by atoms with van der Waals surface area (Å²) < 4.78 is 5.56. The normalized spacial score (nSPS) is 14.8. The fourth-order valence-corrected chi connectivity index (χ4v) is 2.44. The molecule has 0 rings (SSSR count). The standard InChI is InChI=1S/C18H33NO3/c1-9-11-15(12-18(7,8)16(20)10-2)22-17(21)19(13(3)4)14(5)6/h9,11-14,16,20H,10H2,1-8H3/b11-9+,15-12-/t16-/m0/s1. The van der Waals surface area contributed by atoms with Crippen molar-refractivity contribution in [2.24, 2.45) is 5.41 Å². The first-order valence-corrected chi connectivity index (χ1v) is 8.10. The van der Waals surface area contributed by atoms with E-state index < -0.39 is 11.5 Å². The Labute approximate surface area is 135 Å². The quantitative estimate of drug-likeness (QED) is 0.556. The summed E-state index contributed by atoms with van der Waals surface area (Å²) >= 11 is 0. The summed E-state index contributed by atoms with van der Waals surface area (Å²) in [4.78, 5) is 14.1. The first-order valence-electron chi connectivity index (χ1n) is 8.10. The Morgan fingerprint density at radius 2 is 1.73 bits per heavy atom. The lowest BCUT2D eigenvalue weighted by molar-refractivity contribution is 0.0731. The van der Waals surface area contributed by atoms with Gasteiger partial charge in [-0.05, 0) is 53.2 Å². The van der Waals surface area contributed by atoms with E-state index in [2.05, 4.69) is 0 Å². The van der Waals surface area contributed by atoms with E-state index in [4.69, 9.17) is 4.74 Å². The van der Waals surface area contributed by atoms with Gasteiger partial charge in [0.25, 0.3) is 0 Å². The SMILES string of the molecule is C/C=C/C(=C/C(C)(C)[C@@H](O)CC)OC(=O)N(C(C)C)C(C)C. The minimum atomic E-state index is -0.488. The highest BCUT2D eigenvalue weighted by molar-refractivity contribution is 5.70.